The van der Waals surface area contributed by atoms with Crippen LogP contribution in [0, 0.1) is 5.92 Å². The number of amides is 1. The summed E-state index contributed by atoms with van der Waals surface area (Å²) in [5.74, 6) is -0.635. The molecule has 0 radical (unpaired) electrons. The molecule has 0 aliphatic heterocycles. The van der Waals surface area contributed by atoms with Crippen molar-refractivity contribution in [2.45, 2.75) is 58.4 Å². The van der Waals surface area contributed by atoms with Crippen LogP contribution in [0.25, 0.3) is 0 Å². The van der Waals surface area contributed by atoms with E-state index in [4.69, 9.17) is 5.11 Å². The Kier molecular flexibility index (Phi) is 5.45. The predicted molar refractivity (Wildman–Crippen MR) is 65.7 cm³/mol. The fourth-order valence-corrected chi connectivity index (χ4v) is 2.43. The zero-order chi connectivity index (χ0) is 12.8. The maximum absolute atomic E-state index is 12.1. The van der Waals surface area contributed by atoms with Crippen molar-refractivity contribution in [1.82, 2.24) is 4.90 Å². The first-order chi connectivity index (χ1) is 8.00. The van der Waals surface area contributed by atoms with E-state index in [9.17, 15) is 9.59 Å². The SMILES string of the molecule is CC(C)CC(=O)N(CC(=O)O)C1CCCCC1. The van der Waals surface area contributed by atoms with Crippen LogP contribution in [0.15, 0.2) is 0 Å². The number of nitrogens with zero attached hydrogens (tertiary/aromatic N) is 1. The van der Waals surface area contributed by atoms with Crippen LogP contribution >= 0.6 is 0 Å². The summed E-state index contributed by atoms with van der Waals surface area (Å²) in [5, 5.41) is 8.90. The van der Waals surface area contributed by atoms with Gasteiger partial charge in [-0.25, -0.2) is 0 Å². The van der Waals surface area contributed by atoms with Crippen molar-refractivity contribution in [3.05, 3.63) is 0 Å². The molecule has 0 aromatic carbocycles. The van der Waals surface area contributed by atoms with E-state index in [0.717, 1.165) is 25.7 Å². The van der Waals surface area contributed by atoms with Gasteiger partial charge in [-0.15, -0.1) is 0 Å². The number of aliphatic carboxylic acids is 1. The summed E-state index contributed by atoms with van der Waals surface area (Å²) in [7, 11) is 0. The van der Waals surface area contributed by atoms with Crippen molar-refractivity contribution in [2.75, 3.05) is 6.54 Å². The van der Waals surface area contributed by atoms with Crippen molar-refractivity contribution in [1.29, 1.82) is 0 Å². The van der Waals surface area contributed by atoms with Crippen molar-refractivity contribution < 1.29 is 14.7 Å². The van der Waals surface area contributed by atoms with Gasteiger partial charge in [-0.3, -0.25) is 9.59 Å². The van der Waals surface area contributed by atoms with Gasteiger partial charge in [-0.05, 0) is 18.8 Å². The van der Waals surface area contributed by atoms with E-state index in [0.29, 0.717) is 6.42 Å². The quantitative estimate of drug-likeness (QED) is 0.803. The maximum atomic E-state index is 12.1. The van der Waals surface area contributed by atoms with Crippen molar-refractivity contribution in [3.8, 4) is 0 Å². The zero-order valence-corrected chi connectivity index (χ0v) is 10.8. The largest absolute Gasteiger partial charge is 0.480 e. The molecule has 1 fully saturated rings. The molecule has 0 spiro atoms. The van der Waals surface area contributed by atoms with Crippen LogP contribution in [0.5, 0.6) is 0 Å². The highest BCUT2D eigenvalue weighted by Gasteiger charge is 2.27. The molecule has 4 nitrogen and oxygen atoms in total. The summed E-state index contributed by atoms with van der Waals surface area (Å²) in [4.78, 5) is 24.5. The lowest BCUT2D eigenvalue weighted by Crippen LogP contribution is -2.44. The summed E-state index contributed by atoms with van der Waals surface area (Å²) >= 11 is 0. The van der Waals surface area contributed by atoms with Crippen LogP contribution in [-0.4, -0.2) is 34.5 Å². The molecule has 1 saturated carbocycles. The Balaban J connectivity index is 2.64. The predicted octanol–water partition coefficient (Wildman–Crippen LogP) is 2.28. The van der Waals surface area contributed by atoms with E-state index >= 15 is 0 Å². The Morgan fingerprint density at radius 3 is 2.29 bits per heavy atom. The molecular weight excluding hydrogens is 218 g/mol. The fourth-order valence-electron chi connectivity index (χ4n) is 2.43. The Labute approximate surface area is 103 Å². The van der Waals surface area contributed by atoms with Gasteiger partial charge in [0.2, 0.25) is 5.91 Å². The number of rotatable bonds is 5. The monoisotopic (exact) mass is 241 g/mol. The first kappa shape index (κ1) is 14.0. The lowest BCUT2D eigenvalue weighted by molar-refractivity contribution is -0.147. The normalized spacial score (nSPS) is 17.1. The number of carboxylic acids is 1. The Morgan fingerprint density at radius 1 is 1.24 bits per heavy atom. The van der Waals surface area contributed by atoms with Gasteiger partial charge in [0.1, 0.15) is 6.54 Å². The Morgan fingerprint density at radius 2 is 1.82 bits per heavy atom. The highest BCUT2D eigenvalue weighted by atomic mass is 16.4. The van der Waals surface area contributed by atoms with Gasteiger partial charge in [0.25, 0.3) is 0 Å². The van der Waals surface area contributed by atoms with E-state index < -0.39 is 5.97 Å². The summed E-state index contributed by atoms with van der Waals surface area (Å²) in [6, 6.07) is 0.145. The molecule has 0 saturated heterocycles. The first-order valence-electron chi connectivity index (χ1n) is 6.52. The molecular formula is C13H23NO3. The number of carbonyl (C=O) groups excluding carboxylic acids is 1. The molecule has 0 bridgehead atoms. The summed E-state index contributed by atoms with van der Waals surface area (Å²) in [6.45, 7) is 3.83. The van der Waals surface area contributed by atoms with Crippen LogP contribution < -0.4 is 0 Å². The van der Waals surface area contributed by atoms with E-state index in [1.807, 2.05) is 13.8 Å². The lowest BCUT2D eigenvalue weighted by atomic mass is 9.93. The average molecular weight is 241 g/mol. The molecule has 1 rings (SSSR count). The Hall–Kier alpha value is -1.06. The molecule has 0 aromatic rings. The molecule has 1 N–H and O–H groups in total. The summed E-state index contributed by atoms with van der Waals surface area (Å²) < 4.78 is 0. The fraction of sp³-hybridized carbons (Fsp3) is 0.846. The van der Waals surface area contributed by atoms with Crippen molar-refractivity contribution in [3.63, 3.8) is 0 Å². The number of hydrogen-bond acceptors (Lipinski definition) is 2. The highest BCUT2D eigenvalue weighted by molar-refractivity contribution is 5.81. The summed E-state index contributed by atoms with van der Waals surface area (Å²) in [5.41, 5.74) is 0. The first-order valence-corrected chi connectivity index (χ1v) is 6.52. The van der Waals surface area contributed by atoms with Gasteiger partial charge in [-0.1, -0.05) is 33.1 Å². The molecule has 98 valence electrons. The van der Waals surface area contributed by atoms with Crippen LogP contribution in [0.1, 0.15) is 52.4 Å². The van der Waals surface area contributed by atoms with E-state index in [1.54, 1.807) is 4.90 Å². The highest BCUT2D eigenvalue weighted by Crippen LogP contribution is 2.23. The topological polar surface area (TPSA) is 57.6 Å². The molecule has 0 heterocycles. The second kappa shape index (κ2) is 6.62. The molecule has 0 aromatic heterocycles. The van der Waals surface area contributed by atoms with Crippen LogP contribution in [0.3, 0.4) is 0 Å². The molecule has 1 aliphatic carbocycles. The number of hydrogen-bond donors (Lipinski definition) is 1. The minimum Gasteiger partial charge on any atom is -0.480 e. The van der Waals surface area contributed by atoms with Gasteiger partial charge in [0.15, 0.2) is 0 Å². The van der Waals surface area contributed by atoms with Gasteiger partial charge in [-0.2, -0.15) is 0 Å². The number of carbonyl (C=O) groups is 2. The third-order valence-electron chi connectivity index (χ3n) is 3.22. The third kappa shape index (κ3) is 4.75. The minimum atomic E-state index is -0.910. The maximum Gasteiger partial charge on any atom is 0.323 e. The van der Waals surface area contributed by atoms with E-state index in [2.05, 4.69) is 0 Å². The zero-order valence-electron chi connectivity index (χ0n) is 10.8. The molecule has 0 atom stereocenters. The smallest absolute Gasteiger partial charge is 0.323 e. The molecule has 17 heavy (non-hydrogen) atoms. The van der Waals surface area contributed by atoms with Gasteiger partial charge < -0.3 is 10.0 Å². The average Bonchev–Trinajstić information content (AvgIpc) is 2.25. The van der Waals surface area contributed by atoms with Crippen LogP contribution in [0.2, 0.25) is 0 Å². The van der Waals surface area contributed by atoms with Crippen LogP contribution in [0.4, 0.5) is 0 Å². The minimum absolute atomic E-state index is 0.00528. The van der Waals surface area contributed by atoms with Gasteiger partial charge >= 0.3 is 5.97 Å². The Bertz CT molecular complexity index is 270. The second-order valence-corrected chi connectivity index (χ2v) is 5.31. The molecule has 1 aliphatic rings. The summed E-state index contributed by atoms with van der Waals surface area (Å²) in [6.07, 6.45) is 5.78. The number of carboxylic acid groups (broad SMARTS) is 1. The van der Waals surface area contributed by atoms with Crippen LogP contribution in [-0.2, 0) is 9.59 Å². The third-order valence-corrected chi connectivity index (χ3v) is 3.22. The van der Waals surface area contributed by atoms with Crippen molar-refractivity contribution >= 4 is 11.9 Å². The van der Waals surface area contributed by atoms with E-state index in [1.165, 1.54) is 6.42 Å². The molecule has 4 heteroatoms. The van der Waals surface area contributed by atoms with Crippen molar-refractivity contribution in [2.24, 2.45) is 5.92 Å². The second-order valence-electron chi connectivity index (χ2n) is 5.31. The van der Waals surface area contributed by atoms with Gasteiger partial charge in [0, 0.05) is 12.5 Å². The standard InChI is InChI=1S/C13H23NO3/c1-10(2)8-12(15)14(9-13(16)17)11-6-4-3-5-7-11/h10-11H,3-9H2,1-2H3,(H,16,17). The lowest BCUT2D eigenvalue weighted by Gasteiger charge is -2.33. The van der Waals surface area contributed by atoms with E-state index in [-0.39, 0.29) is 24.4 Å². The molecule has 0 unspecified atom stereocenters. The van der Waals surface area contributed by atoms with Gasteiger partial charge in [0.05, 0.1) is 0 Å². The molecule has 1 amide bonds.